The number of ether oxygens (including phenoxy) is 1. The highest BCUT2D eigenvalue weighted by atomic mass is 35.5. The standard InChI is InChI=1S/C10H6Cl2FN3O2/c11-7-5(13)6-4(8(17)16-10(12)14-6)9(15-7)18-3-1-2-3/h3H,1-2H2,(H,14,16,17). The summed E-state index contributed by atoms with van der Waals surface area (Å²) in [7, 11) is 0. The van der Waals surface area contributed by atoms with E-state index < -0.39 is 16.5 Å². The van der Waals surface area contributed by atoms with E-state index in [1.807, 2.05) is 0 Å². The van der Waals surface area contributed by atoms with Gasteiger partial charge in [-0.05, 0) is 24.4 Å². The fourth-order valence-electron chi connectivity index (χ4n) is 1.52. The Morgan fingerprint density at radius 3 is 2.72 bits per heavy atom. The van der Waals surface area contributed by atoms with Gasteiger partial charge in [-0.1, -0.05) is 11.6 Å². The van der Waals surface area contributed by atoms with Gasteiger partial charge in [0.25, 0.3) is 5.56 Å². The Kier molecular flexibility index (Phi) is 2.64. The first-order valence-corrected chi connectivity index (χ1v) is 5.93. The van der Waals surface area contributed by atoms with Gasteiger partial charge in [0.1, 0.15) is 17.0 Å². The number of rotatable bonds is 2. The van der Waals surface area contributed by atoms with Gasteiger partial charge >= 0.3 is 0 Å². The molecule has 1 aliphatic carbocycles. The summed E-state index contributed by atoms with van der Waals surface area (Å²) in [5.41, 5.74) is -0.844. The zero-order chi connectivity index (χ0) is 12.9. The van der Waals surface area contributed by atoms with Crippen LogP contribution < -0.4 is 10.3 Å². The van der Waals surface area contributed by atoms with Crippen molar-refractivity contribution in [2.24, 2.45) is 0 Å². The highest BCUT2D eigenvalue weighted by Gasteiger charge is 2.27. The summed E-state index contributed by atoms with van der Waals surface area (Å²) in [5, 5.41) is -0.688. The maximum absolute atomic E-state index is 13.8. The maximum atomic E-state index is 13.8. The molecule has 2 heterocycles. The van der Waals surface area contributed by atoms with Crippen molar-refractivity contribution in [2.45, 2.75) is 18.9 Å². The van der Waals surface area contributed by atoms with Crippen LogP contribution in [0.1, 0.15) is 12.8 Å². The molecule has 94 valence electrons. The Hall–Kier alpha value is -1.40. The Morgan fingerprint density at radius 1 is 1.33 bits per heavy atom. The van der Waals surface area contributed by atoms with Crippen LogP contribution in [0.3, 0.4) is 0 Å². The molecule has 3 rings (SSSR count). The van der Waals surface area contributed by atoms with Crippen LogP contribution in [0.25, 0.3) is 10.9 Å². The molecule has 1 saturated carbocycles. The van der Waals surface area contributed by atoms with Crippen molar-refractivity contribution in [3.05, 3.63) is 26.6 Å². The first-order valence-electron chi connectivity index (χ1n) is 5.17. The molecule has 1 aliphatic rings. The van der Waals surface area contributed by atoms with Crippen LogP contribution in [0, 0.1) is 5.82 Å². The molecule has 8 heteroatoms. The van der Waals surface area contributed by atoms with Crippen molar-refractivity contribution in [1.82, 2.24) is 15.0 Å². The Bertz CT molecular complexity index is 700. The minimum absolute atomic E-state index is 0.00249. The number of nitrogens with zero attached hydrogens (tertiary/aromatic N) is 2. The summed E-state index contributed by atoms with van der Waals surface area (Å²) in [6.45, 7) is 0. The average molecular weight is 290 g/mol. The van der Waals surface area contributed by atoms with Gasteiger partial charge in [0, 0.05) is 0 Å². The molecule has 0 aromatic carbocycles. The monoisotopic (exact) mass is 289 g/mol. The highest BCUT2D eigenvalue weighted by Crippen LogP contribution is 2.31. The first-order chi connectivity index (χ1) is 8.56. The predicted octanol–water partition coefficient (Wildman–Crippen LogP) is 2.31. The van der Waals surface area contributed by atoms with E-state index in [0.717, 1.165) is 12.8 Å². The van der Waals surface area contributed by atoms with Crippen LogP contribution in [-0.2, 0) is 0 Å². The van der Waals surface area contributed by atoms with Crippen molar-refractivity contribution in [2.75, 3.05) is 0 Å². The van der Waals surface area contributed by atoms with Crippen molar-refractivity contribution in [3.63, 3.8) is 0 Å². The molecular weight excluding hydrogens is 284 g/mol. The number of hydrogen-bond donors (Lipinski definition) is 1. The summed E-state index contributed by atoms with van der Waals surface area (Å²) in [6.07, 6.45) is 1.74. The van der Waals surface area contributed by atoms with Crippen LogP contribution >= 0.6 is 23.2 Å². The SMILES string of the molecule is O=c1[nH]c(Cl)nc2c(F)c(Cl)nc(OC3CC3)c12. The van der Waals surface area contributed by atoms with Crippen molar-refractivity contribution in [3.8, 4) is 5.88 Å². The van der Waals surface area contributed by atoms with Crippen molar-refractivity contribution in [1.29, 1.82) is 0 Å². The van der Waals surface area contributed by atoms with Gasteiger partial charge in [0.2, 0.25) is 11.2 Å². The fourth-order valence-corrected chi connectivity index (χ4v) is 1.86. The molecule has 1 N–H and O–H groups in total. The second kappa shape index (κ2) is 4.07. The molecule has 2 aromatic heterocycles. The van der Waals surface area contributed by atoms with Gasteiger partial charge in [0.05, 0.1) is 0 Å². The van der Waals surface area contributed by atoms with E-state index in [-0.39, 0.29) is 28.2 Å². The predicted molar refractivity (Wildman–Crippen MR) is 63.8 cm³/mol. The van der Waals surface area contributed by atoms with E-state index in [2.05, 4.69) is 15.0 Å². The summed E-state index contributed by atoms with van der Waals surface area (Å²) in [6, 6.07) is 0. The van der Waals surface area contributed by atoms with E-state index >= 15 is 0 Å². The van der Waals surface area contributed by atoms with E-state index in [9.17, 15) is 9.18 Å². The minimum atomic E-state index is -0.886. The molecule has 1 fully saturated rings. The smallest absolute Gasteiger partial charge is 0.265 e. The molecule has 0 amide bonds. The Labute approximate surface area is 110 Å². The van der Waals surface area contributed by atoms with Crippen LogP contribution in [0.15, 0.2) is 4.79 Å². The lowest BCUT2D eigenvalue weighted by molar-refractivity contribution is 0.294. The quantitative estimate of drug-likeness (QED) is 0.680. The first kappa shape index (κ1) is 11.7. The van der Waals surface area contributed by atoms with Crippen LogP contribution in [0.4, 0.5) is 4.39 Å². The van der Waals surface area contributed by atoms with E-state index in [0.29, 0.717) is 0 Å². The molecular formula is C10H6Cl2FN3O2. The van der Waals surface area contributed by atoms with Gasteiger partial charge in [0.15, 0.2) is 11.0 Å². The van der Waals surface area contributed by atoms with E-state index in [1.165, 1.54) is 0 Å². The van der Waals surface area contributed by atoms with Crippen LogP contribution in [0.5, 0.6) is 5.88 Å². The molecule has 18 heavy (non-hydrogen) atoms. The molecule has 2 aromatic rings. The maximum Gasteiger partial charge on any atom is 0.265 e. The molecule has 0 atom stereocenters. The highest BCUT2D eigenvalue weighted by molar-refractivity contribution is 6.30. The van der Waals surface area contributed by atoms with Crippen molar-refractivity contribution >= 4 is 34.1 Å². The van der Waals surface area contributed by atoms with Crippen LogP contribution in [0.2, 0.25) is 10.4 Å². The number of pyridine rings is 1. The molecule has 0 spiro atoms. The van der Waals surface area contributed by atoms with Gasteiger partial charge in [-0.3, -0.25) is 9.78 Å². The number of nitrogens with one attached hydrogen (secondary N) is 1. The van der Waals surface area contributed by atoms with Crippen LogP contribution in [-0.4, -0.2) is 21.1 Å². The molecule has 0 saturated heterocycles. The molecule has 5 nitrogen and oxygen atoms in total. The summed E-state index contributed by atoms with van der Waals surface area (Å²) >= 11 is 11.2. The Morgan fingerprint density at radius 2 is 2.06 bits per heavy atom. The summed E-state index contributed by atoms with van der Waals surface area (Å²) in [5.74, 6) is -0.896. The number of aromatic nitrogens is 3. The van der Waals surface area contributed by atoms with E-state index in [1.54, 1.807) is 0 Å². The van der Waals surface area contributed by atoms with Gasteiger partial charge < -0.3 is 4.74 Å². The minimum Gasteiger partial charge on any atom is -0.474 e. The lowest BCUT2D eigenvalue weighted by Gasteiger charge is -2.07. The zero-order valence-electron chi connectivity index (χ0n) is 8.84. The normalized spacial score (nSPS) is 15.1. The Balaban J connectivity index is 2.34. The van der Waals surface area contributed by atoms with E-state index in [4.69, 9.17) is 27.9 Å². The second-order valence-electron chi connectivity index (χ2n) is 3.92. The number of halogens is 3. The summed E-state index contributed by atoms with van der Waals surface area (Å²) < 4.78 is 19.2. The number of aromatic amines is 1. The second-order valence-corrected chi connectivity index (χ2v) is 4.64. The van der Waals surface area contributed by atoms with Gasteiger partial charge in [-0.25, -0.2) is 9.37 Å². The molecule has 0 aliphatic heterocycles. The number of H-pyrrole nitrogens is 1. The molecule has 0 radical (unpaired) electrons. The van der Waals surface area contributed by atoms with Gasteiger partial charge in [-0.15, -0.1) is 0 Å². The zero-order valence-corrected chi connectivity index (χ0v) is 10.3. The topological polar surface area (TPSA) is 67.9 Å². The third kappa shape index (κ3) is 1.91. The fraction of sp³-hybridized carbons (Fsp3) is 0.300. The average Bonchev–Trinajstić information content (AvgIpc) is 3.08. The lowest BCUT2D eigenvalue weighted by atomic mass is 10.3. The lowest BCUT2D eigenvalue weighted by Crippen LogP contribution is -2.13. The number of fused-ring (bicyclic) bond motifs is 1. The summed E-state index contributed by atoms with van der Waals surface area (Å²) in [4.78, 5) is 21.5. The largest absolute Gasteiger partial charge is 0.474 e. The third-order valence-corrected chi connectivity index (χ3v) is 2.93. The van der Waals surface area contributed by atoms with Gasteiger partial charge in [-0.2, -0.15) is 4.98 Å². The molecule has 0 unspecified atom stereocenters. The molecule has 0 bridgehead atoms. The number of hydrogen-bond acceptors (Lipinski definition) is 4. The third-order valence-electron chi connectivity index (χ3n) is 2.50. The van der Waals surface area contributed by atoms with Crippen molar-refractivity contribution < 1.29 is 9.13 Å².